The molecule has 0 radical (unpaired) electrons. The molecule has 2 heterocycles. The lowest BCUT2D eigenvalue weighted by atomic mass is 10.2. The van der Waals surface area contributed by atoms with Crippen LogP contribution in [0.15, 0.2) is 30.3 Å². The van der Waals surface area contributed by atoms with E-state index in [-0.39, 0.29) is 11.8 Å². The largest absolute Gasteiger partial charge is 0.305 e. The van der Waals surface area contributed by atoms with Crippen molar-refractivity contribution in [1.82, 2.24) is 15.1 Å². The Kier molecular flexibility index (Phi) is 3.68. The van der Waals surface area contributed by atoms with E-state index in [0.29, 0.717) is 13.1 Å². The van der Waals surface area contributed by atoms with Crippen LogP contribution in [0.3, 0.4) is 0 Å². The first kappa shape index (κ1) is 13.0. The quantitative estimate of drug-likeness (QED) is 0.801. The number of nitrogens with one attached hydrogen (secondary N) is 1. The van der Waals surface area contributed by atoms with Crippen LogP contribution in [0.25, 0.3) is 0 Å². The minimum atomic E-state index is -2.99. The van der Waals surface area contributed by atoms with E-state index >= 15 is 0 Å². The third-order valence-corrected chi connectivity index (χ3v) is 4.24. The summed E-state index contributed by atoms with van der Waals surface area (Å²) < 4.78 is 24.3. The summed E-state index contributed by atoms with van der Waals surface area (Å²) in [6, 6.07) is -0.0999. The predicted octanol–water partition coefficient (Wildman–Crippen LogP) is 0.778. The summed E-state index contributed by atoms with van der Waals surface area (Å²) in [5, 5.41) is 8.82. The second-order valence-electron chi connectivity index (χ2n) is 4.40. The molecule has 0 spiro atoms. The average molecular weight is 267 g/mol. The van der Waals surface area contributed by atoms with Crippen molar-refractivity contribution >= 4 is 9.84 Å². The summed E-state index contributed by atoms with van der Waals surface area (Å²) in [5.74, 6) is 0.146. The number of rotatable bonds is 5. The third kappa shape index (κ3) is 3.08. The second kappa shape index (κ2) is 5.07. The molecule has 0 fully saturated rings. The highest BCUT2D eigenvalue weighted by Crippen LogP contribution is 2.10. The van der Waals surface area contributed by atoms with Crippen molar-refractivity contribution in [2.24, 2.45) is 0 Å². The number of hydrogen-bond acceptors (Lipinski definition) is 4. The van der Waals surface area contributed by atoms with Crippen molar-refractivity contribution in [2.75, 3.05) is 5.75 Å². The summed E-state index contributed by atoms with van der Waals surface area (Å²) in [6.07, 6.45) is 5.44. The summed E-state index contributed by atoms with van der Waals surface area (Å²) in [5.41, 5.74) is 2.03. The molecular weight excluding hydrogens is 250 g/mol. The Balaban J connectivity index is 1.95. The summed E-state index contributed by atoms with van der Waals surface area (Å²) in [7, 11) is -2.99. The SMILES string of the molecule is C=CCn1cc(CN[C@@H]2C=CS(=O)(=O)C2)c(C)n1. The zero-order valence-corrected chi connectivity index (χ0v) is 11.2. The van der Waals surface area contributed by atoms with Gasteiger partial charge in [0.1, 0.15) is 0 Å². The monoisotopic (exact) mass is 267 g/mol. The lowest BCUT2D eigenvalue weighted by molar-refractivity contribution is 0.590. The highest BCUT2D eigenvalue weighted by Gasteiger charge is 2.21. The molecule has 6 heteroatoms. The van der Waals surface area contributed by atoms with E-state index in [1.807, 2.05) is 17.8 Å². The maximum Gasteiger partial charge on any atom is 0.173 e. The van der Waals surface area contributed by atoms with E-state index in [1.165, 1.54) is 5.41 Å². The highest BCUT2D eigenvalue weighted by atomic mass is 32.2. The fraction of sp³-hybridized carbons (Fsp3) is 0.417. The third-order valence-electron chi connectivity index (χ3n) is 2.85. The van der Waals surface area contributed by atoms with Gasteiger partial charge in [-0.2, -0.15) is 5.10 Å². The standard InChI is InChI=1S/C12H17N3O2S/c1-3-5-15-8-11(10(2)14-15)7-13-12-4-6-18(16,17)9-12/h3-4,6,8,12-13H,1,5,7,9H2,2H3/t12-/m1/s1. The molecule has 0 bridgehead atoms. The molecule has 0 unspecified atom stereocenters. The molecule has 1 aromatic heterocycles. The molecule has 1 atom stereocenters. The van der Waals surface area contributed by atoms with E-state index in [2.05, 4.69) is 17.0 Å². The minimum absolute atomic E-state index is 0.0999. The van der Waals surface area contributed by atoms with E-state index in [0.717, 1.165) is 11.3 Å². The number of hydrogen-bond donors (Lipinski definition) is 1. The van der Waals surface area contributed by atoms with Crippen LogP contribution >= 0.6 is 0 Å². The molecule has 1 aliphatic heterocycles. The van der Waals surface area contributed by atoms with Gasteiger partial charge in [-0.3, -0.25) is 4.68 Å². The van der Waals surface area contributed by atoms with E-state index in [1.54, 1.807) is 12.2 Å². The lowest BCUT2D eigenvalue weighted by Crippen LogP contribution is -2.29. The van der Waals surface area contributed by atoms with Gasteiger partial charge in [0.15, 0.2) is 9.84 Å². The maximum atomic E-state index is 11.3. The maximum absolute atomic E-state index is 11.3. The Morgan fingerprint density at radius 2 is 2.44 bits per heavy atom. The molecule has 1 aromatic rings. The van der Waals surface area contributed by atoms with Crippen LogP contribution < -0.4 is 5.32 Å². The first-order chi connectivity index (χ1) is 8.50. The number of aryl methyl sites for hydroxylation is 1. The molecule has 98 valence electrons. The fourth-order valence-corrected chi connectivity index (χ4v) is 3.17. The van der Waals surface area contributed by atoms with Gasteiger partial charge in [-0.1, -0.05) is 12.2 Å². The summed E-state index contributed by atoms with van der Waals surface area (Å²) in [4.78, 5) is 0. The Morgan fingerprint density at radius 1 is 1.67 bits per heavy atom. The predicted molar refractivity (Wildman–Crippen MR) is 70.7 cm³/mol. The normalized spacial score (nSPS) is 21.3. The van der Waals surface area contributed by atoms with Gasteiger partial charge in [0.2, 0.25) is 0 Å². The van der Waals surface area contributed by atoms with Gasteiger partial charge in [-0.05, 0) is 6.92 Å². The van der Waals surface area contributed by atoms with Gasteiger partial charge in [-0.25, -0.2) is 8.42 Å². The Hall–Kier alpha value is -1.40. The van der Waals surface area contributed by atoms with Crippen LogP contribution in [0, 0.1) is 6.92 Å². The number of allylic oxidation sites excluding steroid dienone is 1. The van der Waals surface area contributed by atoms with Crippen LogP contribution in [0.5, 0.6) is 0 Å². The number of aromatic nitrogens is 2. The van der Waals surface area contributed by atoms with Crippen molar-refractivity contribution in [3.63, 3.8) is 0 Å². The Labute approximate surface area is 107 Å². The number of sulfone groups is 1. The van der Waals surface area contributed by atoms with Crippen molar-refractivity contribution in [2.45, 2.75) is 26.1 Å². The zero-order valence-electron chi connectivity index (χ0n) is 10.3. The minimum Gasteiger partial charge on any atom is -0.305 e. The molecule has 0 amide bonds. The molecule has 1 N–H and O–H groups in total. The first-order valence-electron chi connectivity index (χ1n) is 5.78. The van der Waals surface area contributed by atoms with Crippen molar-refractivity contribution < 1.29 is 8.42 Å². The smallest absolute Gasteiger partial charge is 0.173 e. The molecule has 18 heavy (non-hydrogen) atoms. The highest BCUT2D eigenvalue weighted by molar-refractivity contribution is 7.94. The first-order valence-corrected chi connectivity index (χ1v) is 7.50. The molecule has 5 nitrogen and oxygen atoms in total. The average Bonchev–Trinajstić information content (AvgIpc) is 2.80. The van der Waals surface area contributed by atoms with Gasteiger partial charge in [-0.15, -0.1) is 6.58 Å². The van der Waals surface area contributed by atoms with Crippen molar-refractivity contribution in [3.8, 4) is 0 Å². The second-order valence-corrected chi connectivity index (χ2v) is 6.33. The van der Waals surface area contributed by atoms with Gasteiger partial charge in [0.05, 0.1) is 18.0 Å². The van der Waals surface area contributed by atoms with E-state index < -0.39 is 9.84 Å². The van der Waals surface area contributed by atoms with Crippen molar-refractivity contribution in [1.29, 1.82) is 0 Å². The molecule has 0 aromatic carbocycles. The van der Waals surface area contributed by atoms with Gasteiger partial charge >= 0.3 is 0 Å². The molecule has 0 saturated heterocycles. The van der Waals surface area contributed by atoms with Crippen LogP contribution in [-0.4, -0.2) is 30.0 Å². The van der Waals surface area contributed by atoms with Crippen LogP contribution in [-0.2, 0) is 22.9 Å². The van der Waals surface area contributed by atoms with E-state index in [4.69, 9.17) is 0 Å². The van der Waals surface area contributed by atoms with Crippen LogP contribution in [0.4, 0.5) is 0 Å². The van der Waals surface area contributed by atoms with Gasteiger partial charge in [0, 0.05) is 29.8 Å². The van der Waals surface area contributed by atoms with E-state index in [9.17, 15) is 8.42 Å². The zero-order chi connectivity index (χ0) is 13.2. The van der Waals surface area contributed by atoms with Gasteiger partial charge in [0.25, 0.3) is 0 Å². The molecule has 1 aliphatic rings. The summed E-state index contributed by atoms with van der Waals surface area (Å²) >= 11 is 0. The molecule has 0 aliphatic carbocycles. The van der Waals surface area contributed by atoms with Crippen LogP contribution in [0.1, 0.15) is 11.3 Å². The topological polar surface area (TPSA) is 64.0 Å². The lowest BCUT2D eigenvalue weighted by Gasteiger charge is -2.08. The molecular formula is C12H17N3O2S. The molecule has 2 rings (SSSR count). The summed E-state index contributed by atoms with van der Waals surface area (Å²) in [6.45, 7) is 6.91. The molecule has 0 saturated carbocycles. The fourth-order valence-electron chi connectivity index (χ4n) is 1.90. The number of nitrogens with zero attached hydrogens (tertiary/aromatic N) is 2. The Morgan fingerprint density at radius 3 is 3.06 bits per heavy atom. The van der Waals surface area contributed by atoms with Gasteiger partial charge < -0.3 is 5.32 Å². The van der Waals surface area contributed by atoms with Crippen molar-refractivity contribution in [3.05, 3.63) is 41.6 Å². The van der Waals surface area contributed by atoms with Crippen LogP contribution in [0.2, 0.25) is 0 Å². The Bertz CT molecular complexity index is 572.